The van der Waals surface area contributed by atoms with Crippen LogP contribution in [0.2, 0.25) is 0 Å². The predicted molar refractivity (Wildman–Crippen MR) is 50.1 cm³/mol. The van der Waals surface area contributed by atoms with Crippen molar-refractivity contribution in [2.45, 2.75) is 32.8 Å². The first-order chi connectivity index (χ1) is 5.97. The molecule has 0 radical (unpaired) electrons. The summed E-state index contributed by atoms with van der Waals surface area (Å²) in [7, 11) is 0. The van der Waals surface area contributed by atoms with E-state index in [1.54, 1.807) is 6.20 Å². The molecule has 1 aliphatic rings. The molecule has 4 heteroatoms. The minimum atomic E-state index is -0.434. The highest BCUT2D eigenvalue weighted by atomic mass is 16.6. The lowest BCUT2D eigenvalue weighted by atomic mass is 10.2. The Morgan fingerprint density at radius 3 is 2.77 bits per heavy atom. The Morgan fingerprint density at radius 2 is 2.31 bits per heavy atom. The van der Waals surface area contributed by atoms with Crippen LogP contribution < -0.4 is 10.6 Å². The predicted octanol–water partition coefficient (Wildman–Crippen LogP) is 1.35. The zero-order chi connectivity index (χ0) is 9.90. The van der Waals surface area contributed by atoms with Gasteiger partial charge in [-0.25, -0.2) is 4.79 Å². The van der Waals surface area contributed by atoms with Crippen LogP contribution in [0, 0.1) is 0 Å². The van der Waals surface area contributed by atoms with Crippen molar-refractivity contribution in [2.75, 3.05) is 6.54 Å². The van der Waals surface area contributed by atoms with Crippen molar-refractivity contribution in [3.63, 3.8) is 0 Å². The fourth-order valence-corrected chi connectivity index (χ4v) is 1.01. The van der Waals surface area contributed by atoms with Crippen LogP contribution in [0.25, 0.3) is 0 Å². The van der Waals surface area contributed by atoms with Crippen molar-refractivity contribution in [3.8, 4) is 0 Å². The van der Waals surface area contributed by atoms with E-state index in [1.807, 2.05) is 20.8 Å². The first-order valence-electron chi connectivity index (χ1n) is 4.40. The molecule has 4 nitrogen and oxygen atoms in total. The Morgan fingerprint density at radius 1 is 1.62 bits per heavy atom. The van der Waals surface area contributed by atoms with Gasteiger partial charge in [0.2, 0.25) is 0 Å². The molecule has 0 aliphatic carbocycles. The Balaban J connectivity index is 2.33. The molecule has 0 bridgehead atoms. The third-order valence-electron chi connectivity index (χ3n) is 1.48. The molecule has 1 rings (SSSR count). The van der Waals surface area contributed by atoms with Gasteiger partial charge in [-0.3, -0.25) is 5.32 Å². The van der Waals surface area contributed by atoms with Gasteiger partial charge in [-0.2, -0.15) is 0 Å². The fourth-order valence-electron chi connectivity index (χ4n) is 1.01. The molecule has 0 fully saturated rings. The number of hydrogen-bond donors (Lipinski definition) is 2. The molecule has 2 N–H and O–H groups in total. The highest BCUT2D eigenvalue weighted by Gasteiger charge is 2.17. The Hall–Kier alpha value is -1.19. The van der Waals surface area contributed by atoms with E-state index in [0.717, 1.165) is 18.7 Å². The molecule has 0 saturated heterocycles. The number of hydrogen-bond acceptors (Lipinski definition) is 3. The summed E-state index contributed by atoms with van der Waals surface area (Å²) in [6.45, 7) is 6.40. The van der Waals surface area contributed by atoms with Crippen LogP contribution in [0.5, 0.6) is 0 Å². The Labute approximate surface area is 78.3 Å². The molecule has 0 aromatic heterocycles. The number of amides is 1. The summed E-state index contributed by atoms with van der Waals surface area (Å²) in [6, 6.07) is 0. The number of carbonyl (C=O) groups is 1. The molecule has 0 aromatic rings. The van der Waals surface area contributed by atoms with E-state index in [-0.39, 0.29) is 6.09 Å². The standard InChI is InChI=1S/C9H16N2O2/c1-9(2,3)13-8(12)11-7-4-5-10-6-7/h6,10H,4-5H2,1-3H3,(H,11,12). The van der Waals surface area contributed by atoms with Crippen molar-refractivity contribution in [2.24, 2.45) is 0 Å². The summed E-state index contributed by atoms with van der Waals surface area (Å²) < 4.78 is 5.08. The van der Waals surface area contributed by atoms with Crippen LogP contribution >= 0.6 is 0 Å². The van der Waals surface area contributed by atoms with Crippen LogP contribution in [0.15, 0.2) is 11.9 Å². The van der Waals surface area contributed by atoms with Crippen LogP contribution in [0.3, 0.4) is 0 Å². The topological polar surface area (TPSA) is 50.4 Å². The molecule has 1 amide bonds. The largest absolute Gasteiger partial charge is 0.444 e. The minimum absolute atomic E-state index is 0.387. The van der Waals surface area contributed by atoms with Crippen molar-refractivity contribution in [1.82, 2.24) is 10.6 Å². The first-order valence-corrected chi connectivity index (χ1v) is 4.40. The molecular formula is C9H16N2O2. The van der Waals surface area contributed by atoms with Crippen LogP contribution in [-0.4, -0.2) is 18.2 Å². The third kappa shape index (κ3) is 3.83. The van der Waals surface area contributed by atoms with Gasteiger partial charge >= 0.3 is 6.09 Å². The number of alkyl carbamates (subject to hydrolysis) is 1. The number of nitrogens with one attached hydrogen (secondary N) is 2. The summed E-state index contributed by atoms with van der Waals surface area (Å²) in [6.07, 6.45) is 2.26. The number of rotatable bonds is 1. The minimum Gasteiger partial charge on any atom is -0.444 e. The maximum Gasteiger partial charge on any atom is 0.411 e. The average molecular weight is 184 g/mol. The zero-order valence-electron chi connectivity index (χ0n) is 8.31. The van der Waals surface area contributed by atoms with E-state index in [0.29, 0.717) is 0 Å². The van der Waals surface area contributed by atoms with E-state index in [2.05, 4.69) is 10.6 Å². The monoisotopic (exact) mass is 184 g/mol. The van der Waals surface area contributed by atoms with Gasteiger partial charge in [0.25, 0.3) is 0 Å². The highest BCUT2D eigenvalue weighted by molar-refractivity contribution is 5.70. The second-order valence-corrected chi connectivity index (χ2v) is 4.00. The molecule has 1 heterocycles. The van der Waals surface area contributed by atoms with Crippen LogP contribution in [0.4, 0.5) is 4.79 Å². The first kappa shape index (κ1) is 9.89. The van der Waals surface area contributed by atoms with Crippen molar-refractivity contribution >= 4 is 6.09 Å². The van der Waals surface area contributed by atoms with E-state index in [4.69, 9.17) is 4.74 Å². The van der Waals surface area contributed by atoms with E-state index >= 15 is 0 Å². The van der Waals surface area contributed by atoms with Crippen molar-refractivity contribution in [3.05, 3.63) is 11.9 Å². The number of carbonyl (C=O) groups excluding carboxylic acids is 1. The van der Waals surface area contributed by atoms with E-state index in [9.17, 15) is 4.79 Å². The third-order valence-corrected chi connectivity index (χ3v) is 1.48. The molecule has 13 heavy (non-hydrogen) atoms. The Bertz CT molecular complexity index is 228. The van der Waals surface area contributed by atoms with Gasteiger partial charge in [0.1, 0.15) is 5.60 Å². The second kappa shape index (κ2) is 3.68. The smallest absolute Gasteiger partial charge is 0.411 e. The molecule has 0 spiro atoms. The maximum atomic E-state index is 11.2. The van der Waals surface area contributed by atoms with Gasteiger partial charge in [0, 0.05) is 24.9 Å². The maximum absolute atomic E-state index is 11.2. The highest BCUT2D eigenvalue weighted by Crippen LogP contribution is 2.08. The zero-order valence-corrected chi connectivity index (χ0v) is 8.31. The SMILES string of the molecule is CC(C)(C)OC(=O)NC1=CNCC1. The molecule has 0 unspecified atom stereocenters. The molecule has 0 atom stereocenters. The molecule has 1 aliphatic heterocycles. The average Bonchev–Trinajstić information content (AvgIpc) is 2.34. The summed E-state index contributed by atoms with van der Waals surface area (Å²) >= 11 is 0. The lowest BCUT2D eigenvalue weighted by molar-refractivity contribution is 0.0545. The lowest BCUT2D eigenvalue weighted by Crippen LogP contribution is -2.31. The van der Waals surface area contributed by atoms with Gasteiger partial charge in [0.15, 0.2) is 0 Å². The molecule has 0 aromatic carbocycles. The van der Waals surface area contributed by atoms with Gasteiger partial charge in [0.05, 0.1) is 0 Å². The van der Waals surface area contributed by atoms with Crippen LogP contribution in [0.1, 0.15) is 27.2 Å². The second-order valence-electron chi connectivity index (χ2n) is 4.00. The van der Waals surface area contributed by atoms with Gasteiger partial charge in [-0.05, 0) is 20.8 Å². The normalized spacial score (nSPS) is 16.1. The number of ether oxygens (including phenoxy) is 1. The van der Waals surface area contributed by atoms with Gasteiger partial charge in [-0.1, -0.05) is 0 Å². The summed E-state index contributed by atoms with van der Waals surface area (Å²) in [4.78, 5) is 11.2. The molecule has 0 saturated carbocycles. The van der Waals surface area contributed by atoms with Gasteiger partial charge in [-0.15, -0.1) is 0 Å². The summed E-state index contributed by atoms with van der Waals surface area (Å²) in [5.74, 6) is 0. The van der Waals surface area contributed by atoms with Crippen LogP contribution in [-0.2, 0) is 4.74 Å². The Kier molecular flexibility index (Phi) is 2.80. The molecular weight excluding hydrogens is 168 g/mol. The summed E-state index contributed by atoms with van der Waals surface area (Å²) in [5.41, 5.74) is 0.450. The van der Waals surface area contributed by atoms with Gasteiger partial charge < -0.3 is 10.1 Å². The molecule has 74 valence electrons. The lowest BCUT2D eigenvalue weighted by Gasteiger charge is -2.19. The van der Waals surface area contributed by atoms with Crippen molar-refractivity contribution < 1.29 is 9.53 Å². The summed E-state index contributed by atoms with van der Waals surface area (Å²) in [5, 5.41) is 5.68. The fraction of sp³-hybridized carbons (Fsp3) is 0.667. The van der Waals surface area contributed by atoms with E-state index < -0.39 is 5.60 Å². The van der Waals surface area contributed by atoms with Crippen molar-refractivity contribution in [1.29, 1.82) is 0 Å². The van der Waals surface area contributed by atoms with E-state index in [1.165, 1.54) is 0 Å². The quantitative estimate of drug-likeness (QED) is 0.646.